The molecule has 3 rings (SSSR count). The van der Waals surface area contributed by atoms with E-state index in [1.807, 2.05) is 0 Å². The molecule has 2 aliphatic heterocycles. The standard InChI is InChI=1S/C22H31F3O5/c1-2-3-4-16-11-26-20(27-12-16)10-5-17-13-28-21(29-14-17)18-6-8-19(9-7-18)30-15-22(23,24)25/h6-9,16-17,20-21H,2-5,10-15H2,1H3. The van der Waals surface area contributed by atoms with Crippen molar-refractivity contribution < 1.29 is 36.9 Å². The molecule has 0 aliphatic carbocycles. The minimum Gasteiger partial charge on any atom is -0.484 e. The lowest BCUT2D eigenvalue weighted by molar-refractivity contribution is -0.220. The maximum atomic E-state index is 12.2. The van der Waals surface area contributed by atoms with Gasteiger partial charge < -0.3 is 23.7 Å². The molecule has 0 unspecified atom stereocenters. The summed E-state index contributed by atoms with van der Waals surface area (Å²) in [4.78, 5) is 0. The number of unbranched alkanes of at least 4 members (excludes halogenated alkanes) is 1. The zero-order valence-electron chi connectivity index (χ0n) is 17.4. The van der Waals surface area contributed by atoms with E-state index in [0.29, 0.717) is 19.1 Å². The molecule has 0 spiro atoms. The summed E-state index contributed by atoms with van der Waals surface area (Å²) in [5.74, 6) is 0.934. The molecule has 0 saturated carbocycles. The molecule has 1 aromatic carbocycles. The molecule has 0 radical (unpaired) electrons. The predicted octanol–water partition coefficient (Wildman–Crippen LogP) is 5.25. The Bertz CT molecular complexity index is 606. The third-order valence-corrected chi connectivity index (χ3v) is 5.33. The zero-order valence-corrected chi connectivity index (χ0v) is 17.4. The fraction of sp³-hybridized carbons (Fsp3) is 0.727. The molecule has 1 aromatic rings. The highest BCUT2D eigenvalue weighted by Gasteiger charge is 2.29. The molecular weight excluding hydrogens is 401 g/mol. The molecule has 2 heterocycles. The maximum absolute atomic E-state index is 12.2. The van der Waals surface area contributed by atoms with Gasteiger partial charge in [-0.2, -0.15) is 13.2 Å². The normalized spacial score (nSPS) is 27.7. The van der Waals surface area contributed by atoms with Crippen LogP contribution in [0.25, 0.3) is 0 Å². The number of hydrogen-bond acceptors (Lipinski definition) is 5. The fourth-order valence-electron chi connectivity index (χ4n) is 3.57. The van der Waals surface area contributed by atoms with Crippen molar-refractivity contribution in [3.8, 4) is 5.75 Å². The van der Waals surface area contributed by atoms with Gasteiger partial charge in [-0.05, 0) is 31.4 Å². The Labute approximate surface area is 175 Å². The summed E-state index contributed by atoms with van der Waals surface area (Å²) in [7, 11) is 0. The van der Waals surface area contributed by atoms with E-state index in [4.69, 9.17) is 23.7 Å². The molecule has 30 heavy (non-hydrogen) atoms. The Morgan fingerprint density at radius 2 is 1.47 bits per heavy atom. The van der Waals surface area contributed by atoms with Crippen LogP contribution in [-0.2, 0) is 18.9 Å². The summed E-state index contributed by atoms with van der Waals surface area (Å²) in [6.45, 7) is 3.54. The Morgan fingerprint density at radius 3 is 2.07 bits per heavy atom. The fourth-order valence-corrected chi connectivity index (χ4v) is 3.57. The first-order valence-electron chi connectivity index (χ1n) is 10.7. The van der Waals surface area contributed by atoms with Crippen molar-refractivity contribution >= 4 is 0 Å². The van der Waals surface area contributed by atoms with Crippen molar-refractivity contribution in [2.24, 2.45) is 11.8 Å². The number of hydrogen-bond donors (Lipinski definition) is 0. The van der Waals surface area contributed by atoms with Gasteiger partial charge in [0, 0.05) is 17.4 Å². The predicted molar refractivity (Wildman–Crippen MR) is 104 cm³/mol. The third-order valence-electron chi connectivity index (χ3n) is 5.33. The van der Waals surface area contributed by atoms with Crippen LogP contribution in [0.3, 0.4) is 0 Å². The van der Waals surface area contributed by atoms with Gasteiger partial charge in [0.05, 0.1) is 26.4 Å². The quantitative estimate of drug-likeness (QED) is 0.533. The molecule has 8 heteroatoms. The summed E-state index contributed by atoms with van der Waals surface area (Å²) in [5, 5.41) is 0. The second-order valence-electron chi connectivity index (χ2n) is 8.02. The van der Waals surface area contributed by atoms with Gasteiger partial charge in [-0.3, -0.25) is 0 Å². The highest BCUT2D eigenvalue weighted by molar-refractivity contribution is 5.28. The SMILES string of the molecule is CCCCC1COC(CCC2COC(c3ccc(OCC(F)(F)F)cc3)OC2)OC1. The molecule has 0 aromatic heterocycles. The Hall–Kier alpha value is -1.35. The molecule has 170 valence electrons. The van der Waals surface area contributed by atoms with E-state index in [0.717, 1.165) is 38.0 Å². The Morgan fingerprint density at radius 1 is 0.867 bits per heavy atom. The van der Waals surface area contributed by atoms with Gasteiger partial charge in [-0.15, -0.1) is 0 Å². The molecular formula is C22H31F3O5. The maximum Gasteiger partial charge on any atom is 0.422 e. The lowest BCUT2D eigenvalue weighted by atomic mass is 10.0. The van der Waals surface area contributed by atoms with Crippen LogP contribution in [0.15, 0.2) is 24.3 Å². The van der Waals surface area contributed by atoms with E-state index in [1.165, 1.54) is 25.0 Å². The van der Waals surface area contributed by atoms with E-state index in [9.17, 15) is 13.2 Å². The number of ether oxygens (including phenoxy) is 5. The minimum atomic E-state index is -4.35. The van der Waals surface area contributed by atoms with Crippen LogP contribution in [0.1, 0.15) is 50.9 Å². The van der Waals surface area contributed by atoms with Crippen molar-refractivity contribution in [2.75, 3.05) is 33.0 Å². The van der Waals surface area contributed by atoms with E-state index in [1.54, 1.807) is 12.1 Å². The number of benzene rings is 1. The second kappa shape index (κ2) is 11.3. The van der Waals surface area contributed by atoms with Gasteiger partial charge >= 0.3 is 6.18 Å². The van der Waals surface area contributed by atoms with Crippen LogP contribution in [0.4, 0.5) is 13.2 Å². The van der Waals surface area contributed by atoms with Crippen molar-refractivity contribution in [3.05, 3.63) is 29.8 Å². The molecule has 2 saturated heterocycles. The molecule has 0 atom stereocenters. The van der Waals surface area contributed by atoms with E-state index >= 15 is 0 Å². The molecule has 2 fully saturated rings. The first kappa shape index (κ1) is 23.3. The molecule has 5 nitrogen and oxygen atoms in total. The highest BCUT2D eigenvalue weighted by atomic mass is 19.4. The largest absolute Gasteiger partial charge is 0.484 e. The van der Waals surface area contributed by atoms with Crippen molar-refractivity contribution in [2.45, 2.75) is 57.8 Å². The van der Waals surface area contributed by atoms with Crippen LogP contribution < -0.4 is 4.74 Å². The van der Waals surface area contributed by atoms with Gasteiger partial charge in [0.15, 0.2) is 19.2 Å². The lowest BCUT2D eigenvalue weighted by Gasteiger charge is -2.32. The summed E-state index contributed by atoms with van der Waals surface area (Å²) in [6.07, 6.45) is 0.249. The van der Waals surface area contributed by atoms with E-state index < -0.39 is 19.1 Å². The van der Waals surface area contributed by atoms with Gasteiger partial charge in [0.1, 0.15) is 5.75 Å². The van der Waals surface area contributed by atoms with Crippen LogP contribution >= 0.6 is 0 Å². The molecule has 0 N–H and O–H groups in total. The zero-order chi connectivity index (χ0) is 21.4. The highest BCUT2D eigenvalue weighted by Crippen LogP contribution is 2.29. The van der Waals surface area contributed by atoms with E-state index in [-0.39, 0.29) is 18.0 Å². The first-order valence-corrected chi connectivity index (χ1v) is 10.7. The van der Waals surface area contributed by atoms with Crippen molar-refractivity contribution in [1.29, 1.82) is 0 Å². The molecule has 0 bridgehead atoms. The summed E-state index contributed by atoms with van der Waals surface area (Å²) < 4.78 is 64.6. The van der Waals surface area contributed by atoms with Crippen LogP contribution in [0.5, 0.6) is 5.75 Å². The Kier molecular flexibility index (Phi) is 8.80. The summed E-state index contributed by atoms with van der Waals surface area (Å²) >= 11 is 0. The number of alkyl halides is 3. The minimum absolute atomic E-state index is 0.148. The average Bonchev–Trinajstić information content (AvgIpc) is 2.76. The molecule has 0 amide bonds. The lowest BCUT2D eigenvalue weighted by Crippen LogP contribution is -2.33. The van der Waals surface area contributed by atoms with E-state index in [2.05, 4.69) is 6.92 Å². The Balaban J connectivity index is 1.33. The van der Waals surface area contributed by atoms with Crippen LogP contribution in [0, 0.1) is 11.8 Å². The average molecular weight is 432 g/mol. The summed E-state index contributed by atoms with van der Waals surface area (Å²) in [5.41, 5.74) is 0.755. The number of rotatable bonds is 9. The van der Waals surface area contributed by atoms with Gasteiger partial charge in [-0.25, -0.2) is 0 Å². The van der Waals surface area contributed by atoms with Gasteiger partial charge in [-0.1, -0.05) is 31.9 Å². The van der Waals surface area contributed by atoms with Crippen LogP contribution in [-0.4, -0.2) is 45.5 Å². The van der Waals surface area contributed by atoms with Gasteiger partial charge in [0.2, 0.25) is 0 Å². The number of halogens is 3. The third kappa shape index (κ3) is 7.72. The van der Waals surface area contributed by atoms with Gasteiger partial charge in [0.25, 0.3) is 0 Å². The monoisotopic (exact) mass is 432 g/mol. The topological polar surface area (TPSA) is 46.2 Å². The van der Waals surface area contributed by atoms with Crippen molar-refractivity contribution in [1.82, 2.24) is 0 Å². The summed E-state index contributed by atoms with van der Waals surface area (Å²) in [6, 6.07) is 6.31. The van der Waals surface area contributed by atoms with Crippen LogP contribution in [0.2, 0.25) is 0 Å². The second-order valence-corrected chi connectivity index (χ2v) is 8.02. The molecule has 2 aliphatic rings. The van der Waals surface area contributed by atoms with Crippen molar-refractivity contribution in [3.63, 3.8) is 0 Å². The first-order chi connectivity index (χ1) is 14.4. The smallest absolute Gasteiger partial charge is 0.422 e.